The average molecular weight is 207 g/mol. The van der Waals surface area contributed by atoms with Crippen molar-refractivity contribution in [1.82, 2.24) is 14.7 Å². The van der Waals surface area contributed by atoms with E-state index in [-0.39, 0.29) is 0 Å². The fourth-order valence-corrected chi connectivity index (χ4v) is 2.50. The van der Waals surface area contributed by atoms with Crippen molar-refractivity contribution in [2.45, 2.75) is 39.3 Å². The molecule has 0 saturated carbocycles. The minimum absolute atomic E-state index is 0.593. The second-order valence-electron chi connectivity index (χ2n) is 4.91. The van der Waals surface area contributed by atoms with Gasteiger partial charge in [-0.3, -0.25) is 4.68 Å². The summed E-state index contributed by atoms with van der Waals surface area (Å²) in [6.07, 6.45) is 5.19. The Morgan fingerprint density at radius 2 is 2.20 bits per heavy atom. The highest BCUT2D eigenvalue weighted by atomic mass is 15.3. The van der Waals surface area contributed by atoms with E-state index in [1.165, 1.54) is 19.5 Å². The van der Waals surface area contributed by atoms with Crippen LogP contribution in [0.25, 0.3) is 0 Å². The first kappa shape index (κ1) is 10.7. The Labute approximate surface area is 92.1 Å². The van der Waals surface area contributed by atoms with Gasteiger partial charge in [-0.05, 0) is 32.3 Å². The molecule has 1 fully saturated rings. The molecule has 2 rings (SSSR count). The van der Waals surface area contributed by atoms with Crippen molar-refractivity contribution in [2.24, 2.45) is 5.92 Å². The second kappa shape index (κ2) is 4.35. The topological polar surface area (TPSA) is 21.1 Å². The predicted molar refractivity (Wildman–Crippen MR) is 61.8 cm³/mol. The molecular formula is C12H21N3. The average Bonchev–Trinajstić information content (AvgIpc) is 2.70. The molecule has 0 bridgehead atoms. The molecule has 0 N–H and O–H groups in total. The van der Waals surface area contributed by atoms with Crippen molar-refractivity contribution >= 4 is 0 Å². The number of piperidine rings is 1. The molecule has 0 spiro atoms. The normalized spacial score (nSPS) is 28.5. The van der Waals surface area contributed by atoms with Gasteiger partial charge in [-0.15, -0.1) is 0 Å². The maximum atomic E-state index is 4.36. The van der Waals surface area contributed by atoms with Crippen molar-refractivity contribution in [3.05, 3.63) is 18.5 Å². The van der Waals surface area contributed by atoms with E-state index in [1.54, 1.807) is 0 Å². The molecule has 1 aromatic heterocycles. The highest BCUT2D eigenvalue weighted by molar-refractivity contribution is 4.87. The van der Waals surface area contributed by atoms with Gasteiger partial charge in [-0.1, -0.05) is 6.92 Å². The van der Waals surface area contributed by atoms with Crippen LogP contribution in [0.2, 0.25) is 0 Å². The summed E-state index contributed by atoms with van der Waals surface area (Å²) in [5.41, 5.74) is 0. The SMILES string of the molecule is CC(C)N1CC[C@H](n2cccn2)[C@H](C)C1. The molecule has 0 unspecified atom stereocenters. The number of hydrogen-bond acceptors (Lipinski definition) is 2. The van der Waals surface area contributed by atoms with Crippen LogP contribution in [0, 0.1) is 5.92 Å². The Balaban J connectivity index is 2.01. The molecule has 1 aliphatic heterocycles. The lowest BCUT2D eigenvalue weighted by Crippen LogP contribution is -2.43. The van der Waals surface area contributed by atoms with Crippen LogP contribution in [0.4, 0.5) is 0 Å². The van der Waals surface area contributed by atoms with Crippen LogP contribution in [0.15, 0.2) is 18.5 Å². The fourth-order valence-electron chi connectivity index (χ4n) is 2.50. The summed E-state index contributed by atoms with van der Waals surface area (Å²) in [6.45, 7) is 9.29. The van der Waals surface area contributed by atoms with Crippen molar-refractivity contribution in [3.8, 4) is 0 Å². The first-order chi connectivity index (χ1) is 7.18. The Bertz CT molecular complexity index is 292. The van der Waals surface area contributed by atoms with E-state index in [2.05, 4.69) is 41.6 Å². The minimum atomic E-state index is 0.593. The van der Waals surface area contributed by atoms with Crippen LogP contribution in [-0.2, 0) is 0 Å². The molecule has 1 saturated heterocycles. The molecule has 84 valence electrons. The van der Waals surface area contributed by atoms with E-state index in [9.17, 15) is 0 Å². The first-order valence-corrected chi connectivity index (χ1v) is 5.91. The van der Waals surface area contributed by atoms with E-state index in [0.717, 1.165) is 0 Å². The molecule has 0 aliphatic carbocycles. The van der Waals surface area contributed by atoms with E-state index < -0.39 is 0 Å². The molecule has 0 amide bonds. The monoisotopic (exact) mass is 207 g/mol. The predicted octanol–water partition coefficient (Wildman–Crippen LogP) is 2.17. The quantitative estimate of drug-likeness (QED) is 0.741. The highest BCUT2D eigenvalue weighted by Crippen LogP contribution is 2.27. The van der Waals surface area contributed by atoms with Crippen molar-refractivity contribution in [3.63, 3.8) is 0 Å². The third-order valence-electron chi connectivity index (χ3n) is 3.49. The third-order valence-corrected chi connectivity index (χ3v) is 3.49. The van der Waals surface area contributed by atoms with E-state index in [1.807, 2.05) is 12.3 Å². The van der Waals surface area contributed by atoms with Crippen molar-refractivity contribution in [2.75, 3.05) is 13.1 Å². The minimum Gasteiger partial charge on any atom is -0.301 e. The lowest BCUT2D eigenvalue weighted by molar-refractivity contribution is 0.101. The van der Waals surface area contributed by atoms with E-state index in [0.29, 0.717) is 18.0 Å². The molecule has 0 radical (unpaired) electrons. The fraction of sp³-hybridized carbons (Fsp3) is 0.750. The van der Waals surface area contributed by atoms with Gasteiger partial charge in [-0.25, -0.2) is 0 Å². The molecule has 3 nitrogen and oxygen atoms in total. The summed E-state index contributed by atoms with van der Waals surface area (Å²) in [5, 5.41) is 4.36. The summed E-state index contributed by atoms with van der Waals surface area (Å²) in [5.74, 6) is 0.695. The molecule has 2 atom stereocenters. The van der Waals surface area contributed by atoms with Crippen LogP contribution in [0.3, 0.4) is 0 Å². The summed E-state index contributed by atoms with van der Waals surface area (Å²) >= 11 is 0. The number of rotatable bonds is 2. The van der Waals surface area contributed by atoms with Crippen LogP contribution in [0.1, 0.15) is 33.2 Å². The van der Waals surface area contributed by atoms with Gasteiger partial charge >= 0.3 is 0 Å². The molecule has 1 aliphatic rings. The zero-order valence-corrected chi connectivity index (χ0v) is 9.93. The summed E-state index contributed by atoms with van der Waals surface area (Å²) < 4.78 is 2.13. The summed E-state index contributed by atoms with van der Waals surface area (Å²) in [7, 11) is 0. The molecule has 0 aromatic carbocycles. The van der Waals surface area contributed by atoms with Gasteiger partial charge in [0, 0.05) is 31.5 Å². The van der Waals surface area contributed by atoms with Gasteiger partial charge in [0.25, 0.3) is 0 Å². The van der Waals surface area contributed by atoms with Gasteiger partial charge in [0.05, 0.1) is 6.04 Å². The van der Waals surface area contributed by atoms with Gasteiger partial charge in [0.1, 0.15) is 0 Å². The molecule has 3 heteroatoms. The van der Waals surface area contributed by atoms with Gasteiger partial charge in [0.2, 0.25) is 0 Å². The standard InChI is InChI=1S/C12H21N3/c1-10(2)14-8-5-12(11(3)9-14)15-7-4-6-13-15/h4,6-7,10-12H,5,8-9H2,1-3H3/t11-,12+/m1/s1. The van der Waals surface area contributed by atoms with Crippen LogP contribution in [-0.4, -0.2) is 33.8 Å². The molecule has 2 heterocycles. The Kier molecular flexibility index (Phi) is 3.10. The zero-order chi connectivity index (χ0) is 10.8. The van der Waals surface area contributed by atoms with Crippen LogP contribution >= 0.6 is 0 Å². The number of nitrogens with zero attached hydrogens (tertiary/aromatic N) is 3. The third kappa shape index (κ3) is 2.23. The maximum absolute atomic E-state index is 4.36. The Morgan fingerprint density at radius 1 is 1.40 bits per heavy atom. The lowest BCUT2D eigenvalue weighted by atomic mass is 9.93. The smallest absolute Gasteiger partial charge is 0.0569 e. The van der Waals surface area contributed by atoms with Crippen molar-refractivity contribution < 1.29 is 0 Å². The Hall–Kier alpha value is -0.830. The summed E-state index contributed by atoms with van der Waals surface area (Å²) in [6, 6.07) is 3.28. The van der Waals surface area contributed by atoms with Gasteiger partial charge in [-0.2, -0.15) is 5.10 Å². The molecule has 15 heavy (non-hydrogen) atoms. The van der Waals surface area contributed by atoms with E-state index in [4.69, 9.17) is 0 Å². The largest absolute Gasteiger partial charge is 0.301 e. The zero-order valence-electron chi connectivity index (χ0n) is 9.93. The maximum Gasteiger partial charge on any atom is 0.0569 e. The first-order valence-electron chi connectivity index (χ1n) is 5.91. The van der Waals surface area contributed by atoms with Crippen LogP contribution < -0.4 is 0 Å². The van der Waals surface area contributed by atoms with Gasteiger partial charge in [0.15, 0.2) is 0 Å². The number of likely N-dealkylation sites (tertiary alicyclic amines) is 1. The lowest BCUT2D eigenvalue weighted by Gasteiger charge is -2.39. The second-order valence-corrected chi connectivity index (χ2v) is 4.91. The van der Waals surface area contributed by atoms with Crippen molar-refractivity contribution in [1.29, 1.82) is 0 Å². The number of hydrogen-bond donors (Lipinski definition) is 0. The van der Waals surface area contributed by atoms with Gasteiger partial charge < -0.3 is 4.90 Å². The molecule has 1 aromatic rings. The molecular weight excluding hydrogens is 186 g/mol. The number of aromatic nitrogens is 2. The summed E-state index contributed by atoms with van der Waals surface area (Å²) in [4.78, 5) is 2.56. The van der Waals surface area contributed by atoms with E-state index >= 15 is 0 Å². The highest BCUT2D eigenvalue weighted by Gasteiger charge is 2.28. The Morgan fingerprint density at radius 3 is 2.73 bits per heavy atom. The van der Waals surface area contributed by atoms with Crippen LogP contribution in [0.5, 0.6) is 0 Å².